The summed E-state index contributed by atoms with van der Waals surface area (Å²) in [6, 6.07) is 6.14. The lowest BCUT2D eigenvalue weighted by molar-refractivity contribution is -0.126. The van der Waals surface area contributed by atoms with Crippen LogP contribution >= 0.6 is 11.3 Å². The van der Waals surface area contributed by atoms with Gasteiger partial charge in [0.25, 0.3) is 5.56 Å². The molecule has 0 aliphatic carbocycles. The Kier molecular flexibility index (Phi) is 6.20. The Morgan fingerprint density at radius 3 is 2.65 bits per heavy atom. The molecule has 0 spiro atoms. The molecule has 6 nitrogen and oxygen atoms in total. The Hall–Kier alpha value is -2.58. The molecule has 1 atom stereocenters. The summed E-state index contributed by atoms with van der Waals surface area (Å²) in [4.78, 5) is 37.0. The van der Waals surface area contributed by atoms with Crippen LogP contribution in [-0.2, 0) is 11.3 Å². The van der Waals surface area contributed by atoms with Crippen molar-refractivity contribution in [2.24, 2.45) is 5.92 Å². The first-order valence-electron chi connectivity index (χ1n) is 10.6. The Labute approximate surface area is 184 Å². The lowest BCUT2D eigenvalue weighted by Gasteiger charge is -2.35. The number of aromatic nitrogens is 2. The monoisotopic (exact) mass is 442 g/mol. The van der Waals surface area contributed by atoms with Gasteiger partial charge in [-0.2, -0.15) is 0 Å². The van der Waals surface area contributed by atoms with E-state index in [4.69, 9.17) is 4.98 Å². The molecule has 1 fully saturated rings. The Morgan fingerprint density at radius 1 is 1.29 bits per heavy atom. The highest BCUT2D eigenvalue weighted by Crippen LogP contribution is 2.29. The second-order valence-corrected chi connectivity index (χ2v) is 9.45. The molecule has 4 rings (SSSR count). The maximum absolute atomic E-state index is 13.0. The number of rotatable bonds is 5. The third-order valence-corrected chi connectivity index (χ3v) is 7.38. The van der Waals surface area contributed by atoms with Crippen LogP contribution in [0, 0.1) is 25.6 Å². The highest BCUT2D eigenvalue weighted by Gasteiger charge is 2.29. The molecule has 164 valence electrons. The molecular formula is C23H27FN4O2S. The maximum atomic E-state index is 13.0. The first kappa shape index (κ1) is 21.6. The van der Waals surface area contributed by atoms with E-state index in [1.807, 2.05) is 20.8 Å². The second-order valence-electron chi connectivity index (χ2n) is 8.25. The second kappa shape index (κ2) is 8.88. The largest absolute Gasteiger partial charge is 0.352 e. The third kappa shape index (κ3) is 4.55. The highest BCUT2D eigenvalue weighted by atomic mass is 32.1. The number of amides is 1. The molecule has 3 heterocycles. The first-order valence-corrected chi connectivity index (χ1v) is 11.4. The van der Waals surface area contributed by atoms with E-state index in [-0.39, 0.29) is 29.2 Å². The molecule has 2 N–H and O–H groups in total. The molecule has 1 aliphatic heterocycles. The zero-order valence-electron chi connectivity index (χ0n) is 18.0. The van der Waals surface area contributed by atoms with Crippen LogP contribution in [0.3, 0.4) is 0 Å². The van der Waals surface area contributed by atoms with Crippen molar-refractivity contribution in [3.05, 3.63) is 62.3 Å². The number of carbonyl (C=O) groups is 1. The van der Waals surface area contributed by atoms with E-state index in [1.54, 1.807) is 23.5 Å². The van der Waals surface area contributed by atoms with Crippen molar-refractivity contribution in [2.75, 3.05) is 13.1 Å². The summed E-state index contributed by atoms with van der Waals surface area (Å²) in [5, 5.41) is 3.65. The van der Waals surface area contributed by atoms with Crippen molar-refractivity contribution in [1.82, 2.24) is 20.2 Å². The minimum absolute atomic E-state index is 0.0250. The lowest BCUT2D eigenvalue weighted by Crippen LogP contribution is -2.41. The van der Waals surface area contributed by atoms with E-state index in [1.165, 1.54) is 12.1 Å². The molecule has 31 heavy (non-hydrogen) atoms. The van der Waals surface area contributed by atoms with E-state index in [0.29, 0.717) is 17.8 Å². The van der Waals surface area contributed by atoms with E-state index >= 15 is 0 Å². The minimum Gasteiger partial charge on any atom is -0.352 e. The van der Waals surface area contributed by atoms with Crippen molar-refractivity contribution >= 4 is 27.5 Å². The van der Waals surface area contributed by atoms with Crippen LogP contribution in [0.15, 0.2) is 29.1 Å². The summed E-state index contributed by atoms with van der Waals surface area (Å²) in [7, 11) is 0. The number of fused-ring (bicyclic) bond motifs is 1. The maximum Gasteiger partial charge on any atom is 0.259 e. The van der Waals surface area contributed by atoms with Gasteiger partial charge in [0.15, 0.2) is 0 Å². The summed E-state index contributed by atoms with van der Waals surface area (Å²) in [5.74, 6) is 0.393. The standard InChI is InChI=1S/C23H27FN4O2S/c1-13-15(3)31-23-19(13)22(30)26-20(27-23)14(2)28-10-8-17(9-11-28)21(29)25-12-16-4-6-18(24)7-5-16/h4-7,14,17H,8-12H2,1-3H3,(H,25,29)(H,26,27,30). The number of aromatic amines is 1. The van der Waals surface area contributed by atoms with Crippen LogP contribution in [0.5, 0.6) is 0 Å². The van der Waals surface area contributed by atoms with Crippen molar-refractivity contribution in [2.45, 2.75) is 46.2 Å². The van der Waals surface area contributed by atoms with Crippen LogP contribution in [0.2, 0.25) is 0 Å². The number of nitrogens with zero attached hydrogens (tertiary/aromatic N) is 2. The van der Waals surface area contributed by atoms with Crippen LogP contribution in [0.1, 0.15) is 47.6 Å². The molecule has 0 saturated carbocycles. The van der Waals surface area contributed by atoms with Gasteiger partial charge in [-0.15, -0.1) is 11.3 Å². The van der Waals surface area contributed by atoms with Gasteiger partial charge in [0.05, 0.1) is 11.4 Å². The van der Waals surface area contributed by atoms with Gasteiger partial charge in [-0.3, -0.25) is 14.5 Å². The van der Waals surface area contributed by atoms with Crippen molar-refractivity contribution in [3.8, 4) is 0 Å². The zero-order chi connectivity index (χ0) is 22.1. The van der Waals surface area contributed by atoms with Crippen LogP contribution in [-0.4, -0.2) is 33.9 Å². The number of benzene rings is 1. The molecule has 1 amide bonds. The molecule has 1 aliphatic rings. The highest BCUT2D eigenvalue weighted by molar-refractivity contribution is 7.18. The van der Waals surface area contributed by atoms with Gasteiger partial charge in [0, 0.05) is 17.3 Å². The first-order chi connectivity index (χ1) is 14.8. The van der Waals surface area contributed by atoms with Gasteiger partial charge in [-0.05, 0) is 70.0 Å². The Balaban J connectivity index is 1.36. The van der Waals surface area contributed by atoms with Gasteiger partial charge in [0.2, 0.25) is 5.91 Å². The number of hydrogen-bond donors (Lipinski definition) is 2. The molecular weight excluding hydrogens is 415 g/mol. The molecule has 0 radical (unpaired) electrons. The van der Waals surface area contributed by atoms with Crippen LogP contribution < -0.4 is 10.9 Å². The van der Waals surface area contributed by atoms with E-state index in [0.717, 1.165) is 46.8 Å². The zero-order valence-corrected chi connectivity index (χ0v) is 18.8. The fraction of sp³-hybridized carbons (Fsp3) is 0.435. The van der Waals surface area contributed by atoms with Gasteiger partial charge in [0.1, 0.15) is 16.5 Å². The number of piperidine rings is 1. The predicted molar refractivity (Wildman–Crippen MR) is 121 cm³/mol. The van der Waals surface area contributed by atoms with Crippen molar-refractivity contribution in [1.29, 1.82) is 0 Å². The summed E-state index contributed by atoms with van der Waals surface area (Å²) in [6.45, 7) is 7.95. The number of halogens is 1. The average molecular weight is 443 g/mol. The van der Waals surface area contributed by atoms with Crippen molar-refractivity contribution < 1.29 is 9.18 Å². The van der Waals surface area contributed by atoms with Crippen LogP contribution in [0.4, 0.5) is 4.39 Å². The average Bonchev–Trinajstić information content (AvgIpc) is 3.06. The number of aryl methyl sites for hydroxylation is 2. The molecule has 1 aromatic carbocycles. The number of hydrogen-bond acceptors (Lipinski definition) is 5. The molecule has 1 saturated heterocycles. The van der Waals surface area contributed by atoms with Crippen LogP contribution in [0.25, 0.3) is 10.2 Å². The molecule has 1 unspecified atom stereocenters. The molecule has 3 aromatic rings. The molecule has 2 aromatic heterocycles. The van der Waals surface area contributed by atoms with E-state index in [9.17, 15) is 14.0 Å². The van der Waals surface area contributed by atoms with Gasteiger partial charge >= 0.3 is 0 Å². The number of likely N-dealkylation sites (tertiary alicyclic amines) is 1. The molecule has 0 bridgehead atoms. The third-order valence-electron chi connectivity index (χ3n) is 6.28. The molecule has 8 heteroatoms. The van der Waals surface area contributed by atoms with Crippen molar-refractivity contribution in [3.63, 3.8) is 0 Å². The topological polar surface area (TPSA) is 78.1 Å². The summed E-state index contributed by atoms with van der Waals surface area (Å²) in [6.07, 6.45) is 1.51. The van der Waals surface area contributed by atoms with E-state index < -0.39 is 0 Å². The Bertz CT molecular complexity index is 1150. The number of thiophene rings is 1. The quantitative estimate of drug-likeness (QED) is 0.630. The summed E-state index contributed by atoms with van der Waals surface area (Å²) in [5.41, 5.74) is 1.80. The summed E-state index contributed by atoms with van der Waals surface area (Å²) < 4.78 is 13.0. The van der Waals surface area contributed by atoms with E-state index in [2.05, 4.69) is 15.2 Å². The number of H-pyrrole nitrogens is 1. The smallest absolute Gasteiger partial charge is 0.259 e. The summed E-state index contributed by atoms with van der Waals surface area (Å²) >= 11 is 1.56. The Morgan fingerprint density at radius 2 is 1.97 bits per heavy atom. The van der Waals surface area contributed by atoms with Gasteiger partial charge in [-0.1, -0.05) is 12.1 Å². The van der Waals surface area contributed by atoms with Gasteiger partial charge in [-0.25, -0.2) is 9.37 Å². The minimum atomic E-state index is -0.282. The van der Waals surface area contributed by atoms with Gasteiger partial charge < -0.3 is 10.3 Å². The normalized spacial score (nSPS) is 16.5. The number of carbonyl (C=O) groups excluding carboxylic acids is 1. The fourth-order valence-corrected chi connectivity index (χ4v) is 5.16. The predicted octanol–water partition coefficient (Wildman–Crippen LogP) is 3.83. The fourth-order valence-electron chi connectivity index (χ4n) is 4.13. The SMILES string of the molecule is Cc1sc2nc(C(C)N3CCC(C(=O)NCc4ccc(F)cc4)CC3)[nH]c(=O)c2c1C. The number of nitrogens with one attached hydrogen (secondary N) is 2. The lowest BCUT2D eigenvalue weighted by atomic mass is 9.94.